The Morgan fingerprint density at radius 3 is 3.07 bits per heavy atom. The van der Waals surface area contributed by atoms with Gasteiger partial charge in [0.05, 0.1) is 11.1 Å². The van der Waals surface area contributed by atoms with Gasteiger partial charge in [-0.3, -0.25) is 4.99 Å². The molecule has 0 fully saturated rings. The van der Waals surface area contributed by atoms with Gasteiger partial charge in [-0.2, -0.15) is 0 Å². The SMILES string of the molecule is CCCCNC1=CC(SC)=NC(C)C1. The van der Waals surface area contributed by atoms with Gasteiger partial charge in [-0.05, 0) is 25.7 Å². The maximum absolute atomic E-state index is 4.54. The molecule has 0 radical (unpaired) electrons. The second-order valence-corrected chi connectivity index (χ2v) is 4.50. The second kappa shape index (κ2) is 6.12. The van der Waals surface area contributed by atoms with Crippen LogP contribution in [0.2, 0.25) is 0 Å². The highest BCUT2D eigenvalue weighted by molar-refractivity contribution is 8.13. The summed E-state index contributed by atoms with van der Waals surface area (Å²) in [4.78, 5) is 4.54. The number of thioether (sulfide) groups is 1. The van der Waals surface area contributed by atoms with Crippen LogP contribution in [0.4, 0.5) is 0 Å². The smallest absolute Gasteiger partial charge is 0.0922 e. The van der Waals surface area contributed by atoms with Crippen LogP contribution < -0.4 is 5.32 Å². The summed E-state index contributed by atoms with van der Waals surface area (Å²) < 4.78 is 0. The van der Waals surface area contributed by atoms with E-state index in [1.54, 1.807) is 11.8 Å². The third-order valence-electron chi connectivity index (χ3n) is 2.25. The number of rotatable bonds is 4. The van der Waals surface area contributed by atoms with Crippen LogP contribution in [-0.4, -0.2) is 23.9 Å². The zero-order valence-corrected chi connectivity index (χ0v) is 10.2. The molecule has 1 N–H and O–H groups in total. The monoisotopic (exact) mass is 212 g/mol. The lowest BCUT2D eigenvalue weighted by atomic mass is 10.1. The Bertz CT molecular complexity index is 233. The summed E-state index contributed by atoms with van der Waals surface area (Å²) in [6, 6.07) is 0.437. The Labute approximate surface area is 91.3 Å². The number of nitrogens with zero attached hydrogens (tertiary/aromatic N) is 1. The number of hydrogen-bond acceptors (Lipinski definition) is 3. The molecule has 14 heavy (non-hydrogen) atoms. The van der Waals surface area contributed by atoms with E-state index < -0.39 is 0 Å². The van der Waals surface area contributed by atoms with Crippen LogP contribution in [0.25, 0.3) is 0 Å². The summed E-state index contributed by atoms with van der Waals surface area (Å²) in [6.07, 6.45) is 7.82. The highest BCUT2D eigenvalue weighted by atomic mass is 32.2. The largest absolute Gasteiger partial charge is 0.388 e. The van der Waals surface area contributed by atoms with Gasteiger partial charge in [-0.1, -0.05) is 13.3 Å². The van der Waals surface area contributed by atoms with Crippen molar-refractivity contribution in [2.75, 3.05) is 12.8 Å². The topological polar surface area (TPSA) is 24.4 Å². The van der Waals surface area contributed by atoms with E-state index in [2.05, 4.69) is 36.5 Å². The van der Waals surface area contributed by atoms with Crippen molar-refractivity contribution in [1.82, 2.24) is 5.32 Å². The fourth-order valence-corrected chi connectivity index (χ4v) is 2.03. The number of nitrogens with one attached hydrogen (secondary N) is 1. The summed E-state index contributed by atoms with van der Waals surface area (Å²) >= 11 is 1.73. The van der Waals surface area contributed by atoms with E-state index in [0.717, 1.165) is 18.0 Å². The summed E-state index contributed by atoms with van der Waals surface area (Å²) in [6.45, 7) is 5.48. The van der Waals surface area contributed by atoms with E-state index in [0.29, 0.717) is 6.04 Å². The van der Waals surface area contributed by atoms with Gasteiger partial charge in [0.15, 0.2) is 0 Å². The normalized spacial score (nSPS) is 21.5. The molecule has 0 amide bonds. The molecule has 2 nitrogen and oxygen atoms in total. The molecular weight excluding hydrogens is 192 g/mol. The van der Waals surface area contributed by atoms with E-state index in [1.807, 2.05) is 0 Å². The van der Waals surface area contributed by atoms with Crippen LogP contribution in [0.3, 0.4) is 0 Å². The molecule has 0 saturated heterocycles. The second-order valence-electron chi connectivity index (χ2n) is 3.67. The molecule has 0 aromatic rings. The maximum Gasteiger partial charge on any atom is 0.0922 e. The average molecular weight is 212 g/mol. The maximum atomic E-state index is 4.54. The van der Waals surface area contributed by atoms with Crippen molar-refractivity contribution >= 4 is 16.8 Å². The standard InChI is InChI=1S/C11H20N2S/c1-4-5-6-12-10-7-9(2)13-11(8-10)14-3/h8-9,12H,4-7H2,1-3H3. The molecule has 1 unspecified atom stereocenters. The van der Waals surface area contributed by atoms with Crippen molar-refractivity contribution in [3.8, 4) is 0 Å². The minimum Gasteiger partial charge on any atom is -0.388 e. The molecule has 80 valence electrons. The fraction of sp³-hybridized carbons (Fsp3) is 0.727. The highest BCUT2D eigenvalue weighted by Crippen LogP contribution is 2.16. The van der Waals surface area contributed by atoms with Crippen molar-refractivity contribution < 1.29 is 0 Å². The zero-order chi connectivity index (χ0) is 10.4. The number of unbranched alkanes of at least 4 members (excludes halogenated alkanes) is 1. The van der Waals surface area contributed by atoms with Crippen molar-refractivity contribution in [1.29, 1.82) is 0 Å². The minimum atomic E-state index is 0.437. The highest BCUT2D eigenvalue weighted by Gasteiger charge is 2.11. The van der Waals surface area contributed by atoms with Gasteiger partial charge >= 0.3 is 0 Å². The first-order valence-electron chi connectivity index (χ1n) is 5.32. The van der Waals surface area contributed by atoms with Crippen molar-refractivity contribution in [3.63, 3.8) is 0 Å². The first-order chi connectivity index (χ1) is 6.76. The van der Waals surface area contributed by atoms with Gasteiger partial charge in [-0.25, -0.2) is 0 Å². The average Bonchev–Trinajstić information content (AvgIpc) is 2.17. The van der Waals surface area contributed by atoms with E-state index in [-0.39, 0.29) is 0 Å². The van der Waals surface area contributed by atoms with Crippen LogP contribution in [0.5, 0.6) is 0 Å². The van der Waals surface area contributed by atoms with Crippen LogP contribution >= 0.6 is 11.8 Å². The first-order valence-corrected chi connectivity index (χ1v) is 6.55. The van der Waals surface area contributed by atoms with Crippen molar-refractivity contribution in [2.24, 2.45) is 4.99 Å². The van der Waals surface area contributed by atoms with Gasteiger partial charge in [0.1, 0.15) is 0 Å². The lowest BCUT2D eigenvalue weighted by Crippen LogP contribution is -2.21. The Morgan fingerprint density at radius 1 is 1.64 bits per heavy atom. The van der Waals surface area contributed by atoms with Gasteiger partial charge in [-0.15, -0.1) is 11.8 Å². The van der Waals surface area contributed by atoms with E-state index in [9.17, 15) is 0 Å². The number of aliphatic imine (C=N–C) groups is 1. The Kier molecular flexibility index (Phi) is 5.09. The Morgan fingerprint density at radius 2 is 2.43 bits per heavy atom. The quantitative estimate of drug-likeness (QED) is 0.725. The predicted molar refractivity (Wildman–Crippen MR) is 66.0 cm³/mol. The number of dihydropyridines is 1. The van der Waals surface area contributed by atoms with E-state index in [1.165, 1.54) is 18.5 Å². The molecule has 0 aliphatic carbocycles. The van der Waals surface area contributed by atoms with Crippen LogP contribution in [0, 0.1) is 0 Å². The third kappa shape index (κ3) is 3.74. The molecule has 0 bridgehead atoms. The van der Waals surface area contributed by atoms with E-state index >= 15 is 0 Å². The molecule has 0 aromatic heterocycles. The minimum absolute atomic E-state index is 0.437. The molecule has 3 heteroatoms. The molecule has 1 aliphatic heterocycles. The molecule has 1 aliphatic rings. The third-order valence-corrected chi connectivity index (χ3v) is 2.89. The molecule has 0 saturated carbocycles. The molecular formula is C11H20N2S. The summed E-state index contributed by atoms with van der Waals surface area (Å²) in [7, 11) is 0. The summed E-state index contributed by atoms with van der Waals surface area (Å²) in [5.41, 5.74) is 1.35. The van der Waals surface area contributed by atoms with Gasteiger partial charge < -0.3 is 5.32 Å². The Balaban J connectivity index is 2.44. The van der Waals surface area contributed by atoms with E-state index in [4.69, 9.17) is 0 Å². The Hall–Kier alpha value is -0.440. The van der Waals surface area contributed by atoms with Crippen molar-refractivity contribution in [3.05, 3.63) is 11.8 Å². The molecule has 1 atom stereocenters. The van der Waals surface area contributed by atoms with Gasteiger partial charge in [0.25, 0.3) is 0 Å². The molecule has 1 heterocycles. The summed E-state index contributed by atoms with van der Waals surface area (Å²) in [5, 5.41) is 4.64. The van der Waals surface area contributed by atoms with Crippen LogP contribution in [0.1, 0.15) is 33.1 Å². The zero-order valence-electron chi connectivity index (χ0n) is 9.34. The lowest BCUT2D eigenvalue weighted by molar-refractivity contribution is 0.638. The van der Waals surface area contributed by atoms with Gasteiger partial charge in [0, 0.05) is 18.7 Å². The van der Waals surface area contributed by atoms with Crippen molar-refractivity contribution in [2.45, 2.75) is 39.2 Å². The molecule has 0 spiro atoms. The summed E-state index contributed by atoms with van der Waals surface area (Å²) in [5.74, 6) is 0. The van der Waals surface area contributed by atoms with Crippen LogP contribution in [0.15, 0.2) is 16.8 Å². The molecule has 1 rings (SSSR count). The molecule has 0 aromatic carbocycles. The van der Waals surface area contributed by atoms with Crippen LogP contribution in [-0.2, 0) is 0 Å². The lowest BCUT2D eigenvalue weighted by Gasteiger charge is -2.18. The predicted octanol–water partition coefficient (Wildman–Crippen LogP) is 2.81. The fourth-order valence-electron chi connectivity index (χ4n) is 1.49. The van der Waals surface area contributed by atoms with Gasteiger partial charge in [0.2, 0.25) is 0 Å². The first kappa shape index (κ1) is 11.6. The number of hydrogen-bond donors (Lipinski definition) is 1.